The van der Waals surface area contributed by atoms with Crippen molar-refractivity contribution in [2.24, 2.45) is 0 Å². The molecule has 1 N–H and O–H groups in total. The Bertz CT molecular complexity index is 819. The van der Waals surface area contributed by atoms with Gasteiger partial charge in [-0.25, -0.2) is 0 Å². The van der Waals surface area contributed by atoms with Crippen molar-refractivity contribution < 1.29 is 19.1 Å². The van der Waals surface area contributed by atoms with Gasteiger partial charge in [0.2, 0.25) is 0 Å². The predicted molar refractivity (Wildman–Crippen MR) is 101 cm³/mol. The summed E-state index contributed by atoms with van der Waals surface area (Å²) in [7, 11) is 0. The zero-order chi connectivity index (χ0) is 19.1. The highest BCUT2D eigenvalue weighted by Gasteiger charge is 2.12. The van der Waals surface area contributed by atoms with E-state index in [1.54, 1.807) is 42.5 Å². The maximum atomic E-state index is 12.0. The lowest BCUT2D eigenvalue weighted by Gasteiger charge is -2.08. The number of Topliss-reactive ketones (excluding diaryl/α,β-unsaturated/α-hetero) is 1. The molecular weight excluding hydrogens is 377 g/mol. The van der Waals surface area contributed by atoms with Gasteiger partial charge in [0.25, 0.3) is 5.91 Å². The summed E-state index contributed by atoms with van der Waals surface area (Å²) >= 11 is 11.7. The molecule has 0 bridgehead atoms. The van der Waals surface area contributed by atoms with E-state index in [2.05, 4.69) is 5.32 Å². The smallest absolute Gasteiger partial charge is 0.306 e. The average molecular weight is 394 g/mol. The number of amides is 1. The Morgan fingerprint density at radius 2 is 1.69 bits per heavy atom. The molecule has 0 radical (unpaired) electrons. The van der Waals surface area contributed by atoms with Gasteiger partial charge in [-0.1, -0.05) is 29.3 Å². The molecule has 7 heteroatoms. The number of anilines is 1. The minimum atomic E-state index is -0.621. The van der Waals surface area contributed by atoms with E-state index in [9.17, 15) is 14.4 Å². The standard InChI is InChI=1S/C19H17Cl2NO4/c1-12-2-7-15(10-16(12)21)22-18(24)11-26-19(25)9-8-17(23)13-3-5-14(20)6-4-13/h2-7,10H,8-9,11H2,1H3,(H,22,24). The van der Waals surface area contributed by atoms with Gasteiger partial charge in [0.05, 0.1) is 6.42 Å². The number of esters is 1. The number of ether oxygens (including phenoxy) is 1. The molecule has 0 unspecified atom stereocenters. The zero-order valence-electron chi connectivity index (χ0n) is 14.1. The molecule has 26 heavy (non-hydrogen) atoms. The number of halogens is 2. The highest BCUT2D eigenvalue weighted by molar-refractivity contribution is 6.31. The van der Waals surface area contributed by atoms with Crippen molar-refractivity contribution in [1.82, 2.24) is 0 Å². The first-order valence-electron chi connectivity index (χ1n) is 7.85. The number of aryl methyl sites for hydroxylation is 1. The van der Waals surface area contributed by atoms with Crippen LogP contribution < -0.4 is 5.32 Å². The maximum Gasteiger partial charge on any atom is 0.306 e. The molecule has 0 spiro atoms. The Morgan fingerprint density at radius 3 is 2.35 bits per heavy atom. The van der Waals surface area contributed by atoms with Crippen LogP contribution >= 0.6 is 23.2 Å². The SMILES string of the molecule is Cc1ccc(NC(=O)COC(=O)CCC(=O)c2ccc(Cl)cc2)cc1Cl. The average Bonchev–Trinajstić information content (AvgIpc) is 2.61. The largest absolute Gasteiger partial charge is 0.456 e. The Morgan fingerprint density at radius 1 is 1.00 bits per heavy atom. The molecule has 0 saturated carbocycles. The first-order valence-corrected chi connectivity index (χ1v) is 8.61. The molecule has 2 rings (SSSR count). The van der Waals surface area contributed by atoms with Gasteiger partial charge in [-0.15, -0.1) is 0 Å². The number of benzene rings is 2. The molecule has 0 aliphatic rings. The Kier molecular flexibility index (Phi) is 7.18. The normalized spacial score (nSPS) is 10.3. The van der Waals surface area contributed by atoms with Gasteiger partial charge in [0.1, 0.15) is 0 Å². The van der Waals surface area contributed by atoms with Crippen LogP contribution in [0.25, 0.3) is 0 Å². The van der Waals surface area contributed by atoms with Gasteiger partial charge in [-0.05, 0) is 48.9 Å². The topological polar surface area (TPSA) is 72.5 Å². The quantitative estimate of drug-likeness (QED) is 0.557. The van der Waals surface area contributed by atoms with Crippen LogP contribution in [-0.2, 0) is 14.3 Å². The summed E-state index contributed by atoms with van der Waals surface area (Å²) in [4.78, 5) is 35.4. The fourth-order valence-electron chi connectivity index (χ4n) is 2.08. The van der Waals surface area contributed by atoms with E-state index in [1.807, 2.05) is 6.92 Å². The maximum absolute atomic E-state index is 12.0. The van der Waals surface area contributed by atoms with E-state index < -0.39 is 18.5 Å². The van der Waals surface area contributed by atoms with Gasteiger partial charge in [0.15, 0.2) is 12.4 Å². The number of ketones is 1. The van der Waals surface area contributed by atoms with Crippen LogP contribution in [-0.4, -0.2) is 24.3 Å². The molecule has 2 aromatic rings. The van der Waals surface area contributed by atoms with Gasteiger partial charge in [-0.2, -0.15) is 0 Å². The second-order valence-corrected chi connectivity index (χ2v) is 6.45. The summed E-state index contributed by atoms with van der Waals surface area (Å²) in [5, 5.41) is 3.64. The van der Waals surface area contributed by atoms with E-state index in [4.69, 9.17) is 27.9 Å². The number of carbonyl (C=O) groups is 3. The molecule has 0 heterocycles. The van der Waals surface area contributed by atoms with Crippen molar-refractivity contribution >= 4 is 46.5 Å². The molecule has 136 valence electrons. The molecule has 2 aromatic carbocycles. The third-order valence-electron chi connectivity index (χ3n) is 3.54. The fraction of sp³-hybridized carbons (Fsp3) is 0.211. The van der Waals surface area contributed by atoms with Crippen molar-refractivity contribution in [2.75, 3.05) is 11.9 Å². The van der Waals surface area contributed by atoms with Gasteiger partial charge < -0.3 is 10.1 Å². The minimum Gasteiger partial charge on any atom is -0.456 e. The molecule has 0 aliphatic heterocycles. The number of rotatable bonds is 7. The lowest BCUT2D eigenvalue weighted by molar-refractivity contribution is -0.147. The van der Waals surface area contributed by atoms with Gasteiger partial charge >= 0.3 is 5.97 Å². The minimum absolute atomic E-state index is 0.00431. The molecule has 0 fully saturated rings. The first-order chi connectivity index (χ1) is 12.3. The van der Waals surface area contributed by atoms with Crippen LogP contribution in [0.2, 0.25) is 10.0 Å². The van der Waals surface area contributed by atoms with Crippen molar-refractivity contribution in [3.8, 4) is 0 Å². The van der Waals surface area contributed by atoms with Gasteiger partial charge in [0, 0.05) is 27.7 Å². The first kappa shape index (κ1) is 19.9. The van der Waals surface area contributed by atoms with Crippen LogP contribution in [0.4, 0.5) is 5.69 Å². The van der Waals surface area contributed by atoms with Crippen LogP contribution in [0.3, 0.4) is 0 Å². The number of hydrogen-bond acceptors (Lipinski definition) is 4. The molecule has 0 atom stereocenters. The van der Waals surface area contributed by atoms with E-state index in [0.29, 0.717) is 21.3 Å². The van der Waals surface area contributed by atoms with Crippen LogP contribution in [0.5, 0.6) is 0 Å². The lowest BCUT2D eigenvalue weighted by atomic mass is 10.1. The number of carbonyl (C=O) groups excluding carboxylic acids is 3. The summed E-state index contributed by atoms with van der Waals surface area (Å²) in [6.45, 7) is 1.42. The summed E-state index contributed by atoms with van der Waals surface area (Å²) in [5.74, 6) is -1.30. The van der Waals surface area contributed by atoms with E-state index in [1.165, 1.54) is 0 Å². The zero-order valence-corrected chi connectivity index (χ0v) is 15.6. The van der Waals surface area contributed by atoms with Crippen molar-refractivity contribution in [2.45, 2.75) is 19.8 Å². The second kappa shape index (κ2) is 9.36. The Balaban J connectivity index is 1.73. The van der Waals surface area contributed by atoms with E-state index in [0.717, 1.165) is 5.56 Å². The highest BCUT2D eigenvalue weighted by atomic mass is 35.5. The number of hydrogen-bond donors (Lipinski definition) is 1. The molecular formula is C19H17Cl2NO4. The second-order valence-electron chi connectivity index (χ2n) is 5.60. The monoisotopic (exact) mass is 393 g/mol. The molecule has 5 nitrogen and oxygen atoms in total. The van der Waals surface area contributed by atoms with Crippen molar-refractivity contribution in [3.05, 3.63) is 63.6 Å². The number of nitrogens with one attached hydrogen (secondary N) is 1. The summed E-state index contributed by atoms with van der Waals surface area (Å²) in [6.07, 6.45) is -0.110. The van der Waals surface area contributed by atoms with Gasteiger partial charge in [-0.3, -0.25) is 14.4 Å². The van der Waals surface area contributed by atoms with Crippen LogP contribution in [0.1, 0.15) is 28.8 Å². The van der Waals surface area contributed by atoms with E-state index >= 15 is 0 Å². The van der Waals surface area contributed by atoms with E-state index in [-0.39, 0.29) is 18.6 Å². The van der Waals surface area contributed by atoms with Crippen molar-refractivity contribution in [3.63, 3.8) is 0 Å². The molecule has 0 aromatic heterocycles. The Hall–Kier alpha value is -2.37. The lowest BCUT2D eigenvalue weighted by Crippen LogP contribution is -2.21. The molecule has 0 aliphatic carbocycles. The highest BCUT2D eigenvalue weighted by Crippen LogP contribution is 2.19. The molecule has 0 saturated heterocycles. The third kappa shape index (κ3) is 6.17. The summed E-state index contributed by atoms with van der Waals surface area (Å²) in [5.41, 5.74) is 1.87. The molecule has 1 amide bonds. The Labute approximate surface area is 161 Å². The van der Waals surface area contributed by atoms with Crippen molar-refractivity contribution in [1.29, 1.82) is 0 Å². The summed E-state index contributed by atoms with van der Waals surface area (Å²) in [6, 6.07) is 11.5. The predicted octanol–water partition coefficient (Wildman–Crippen LogP) is 4.45. The fourth-order valence-corrected chi connectivity index (χ4v) is 2.39. The third-order valence-corrected chi connectivity index (χ3v) is 4.20. The van der Waals surface area contributed by atoms with Crippen LogP contribution in [0, 0.1) is 6.92 Å². The summed E-state index contributed by atoms with van der Waals surface area (Å²) < 4.78 is 4.88. The van der Waals surface area contributed by atoms with Crippen LogP contribution in [0.15, 0.2) is 42.5 Å².